The zero-order valence-electron chi connectivity index (χ0n) is 17.8. The van der Waals surface area contributed by atoms with Crippen molar-refractivity contribution in [3.05, 3.63) is 91.9 Å². The number of allylic oxidation sites excluding steroid dienone is 1. The van der Waals surface area contributed by atoms with Gasteiger partial charge in [-0.3, -0.25) is 4.79 Å². The van der Waals surface area contributed by atoms with Crippen molar-refractivity contribution in [2.75, 3.05) is 18.5 Å². The van der Waals surface area contributed by atoms with Crippen molar-refractivity contribution in [3.63, 3.8) is 0 Å². The lowest BCUT2D eigenvalue weighted by Crippen LogP contribution is -2.36. The van der Waals surface area contributed by atoms with E-state index >= 15 is 0 Å². The number of benzene rings is 2. The Morgan fingerprint density at radius 3 is 2.67 bits per heavy atom. The van der Waals surface area contributed by atoms with E-state index in [4.69, 9.17) is 27.9 Å². The Hall–Kier alpha value is -2.95. The molecule has 0 aliphatic carbocycles. The van der Waals surface area contributed by atoms with Crippen molar-refractivity contribution in [2.24, 2.45) is 0 Å². The molecule has 1 aromatic heterocycles. The van der Waals surface area contributed by atoms with E-state index in [0.29, 0.717) is 44.7 Å². The molecule has 1 aliphatic heterocycles. The third kappa shape index (κ3) is 5.02. The number of ether oxygens (including phenoxy) is 1. The molecule has 0 saturated carbocycles. The fourth-order valence-corrected chi connectivity index (χ4v) is 4.72. The number of hydrogen-bond acceptors (Lipinski definition) is 5. The fourth-order valence-electron chi connectivity index (χ4n) is 3.27. The normalized spacial score (nSPS) is 16.3. The lowest BCUT2D eigenvalue weighted by molar-refractivity contribution is 0.104. The number of ketones is 1. The minimum Gasteiger partial charge on any atom is -0.588 e. The summed E-state index contributed by atoms with van der Waals surface area (Å²) in [6.45, 7) is 0. The fraction of sp³-hybridized carbons (Fsp3) is 0.120. The molecule has 1 atom stereocenters. The summed E-state index contributed by atoms with van der Waals surface area (Å²) in [7, 11) is 3.25. The molecule has 1 aliphatic rings. The van der Waals surface area contributed by atoms with Crippen molar-refractivity contribution in [3.8, 4) is 17.7 Å². The Kier molecular flexibility index (Phi) is 6.96. The minimum absolute atomic E-state index is 0.165. The number of Topliss-reactive ketones (excluding diaryl/α,β-unsaturated/α-hetero) is 1. The summed E-state index contributed by atoms with van der Waals surface area (Å²) >= 11 is 10.4. The van der Waals surface area contributed by atoms with Crippen molar-refractivity contribution in [2.45, 2.75) is 6.42 Å². The summed E-state index contributed by atoms with van der Waals surface area (Å²) in [6.07, 6.45) is 3.80. The first kappa shape index (κ1) is 23.2. The molecule has 0 saturated heterocycles. The Labute approximate surface area is 205 Å². The molecule has 1 unspecified atom stereocenters. The molecule has 0 radical (unpaired) electrons. The summed E-state index contributed by atoms with van der Waals surface area (Å²) in [5.74, 6) is 6.43. The standard InChI is InChI=1S/C25H18Cl2N2O3S/c1-29-22-10-7-16(4-3-5-17-8-11-24(32-2)28-15-17)12-19(22)25(30)23(33(29)31)14-18-6-9-20(26)21(27)13-18/h6-15H,5H2,1-2H3/b23-14-. The van der Waals surface area contributed by atoms with Crippen molar-refractivity contribution >= 4 is 52.1 Å². The second kappa shape index (κ2) is 9.90. The molecule has 2 heterocycles. The van der Waals surface area contributed by atoms with Gasteiger partial charge in [-0.25, -0.2) is 4.98 Å². The van der Waals surface area contributed by atoms with E-state index in [2.05, 4.69) is 16.8 Å². The SMILES string of the molecule is COc1ccc(CC#Cc2ccc3c(c2)C(=O)/C(=C/c2ccc(Cl)c(Cl)c2)[S+]([O-])N3C)cn1. The van der Waals surface area contributed by atoms with Gasteiger partial charge < -0.3 is 9.29 Å². The molecular weight excluding hydrogens is 479 g/mol. The van der Waals surface area contributed by atoms with Crippen LogP contribution in [0.5, 0.6) is 5.88 Å². The van der Waals surface area contributed by atoms with Gasteiger partial charge in [-0.05, 0) is 41.5 Å². The van der Waals surface area contributed by atoms with E-state index in [1.54, 1.807) is 67.1 Å². The first-order chi connectivity index (χ1) is 15.9. The van der Waals surface area contributed by atoms with Crippen LogP contribution in [0.4, 0.5) is 5.69 Å². The lowest BCUT2D eigenvalue weighted by atomic mass is 10.0. The van der Waals surface area contributed by atoms with Gasteiger partial charge in [0.25, 0.3) is 0 Å². The van der Waals surface area contributed by atoms with Crippen LogP contribution in [0.25, 0.3) is 6.08 Å². The zero-order chi connectivity index (χ0) is 23.5. The average Bonchev–Trinajstić information content (AvgIpc) is 2.83. The number of anilines is 1. The number of carbonyl (C=O) groups excluding carboxylic acids is 1. The molecule has 3 aromatic rings. The van der Waals surface area contributed by atoms with Crippen molar-refractivity contribution in [1.29, 1.82) is 0 Å². The third-order valence-corrected chi connectivity index (χ3v) is 7.13. The largest absolute Gasteiger partial charge is 0.588 e. The van der Waals surface area contributed by atoms with Gasteiger partial charge in [0.15, 0.2) is 0 Å². The van der Waals surface area contributed by atoms with E-state index in [-0.39, 0.29) is 10.7 Å². The Morgan fingerprint density at radius 1 is 1.15 bits per heavy atom. The Bertz CT molecular complexity index is 1310. The molecule has 166 valence electrons. The molecule has 0 bridgehead atoms. The predicted octanol–water partition coefficient (Wildman–Crippen LogP) is 5.33. The highest BCUT2D eigenvalue weighted by atomic mass is 35.5. The summed E-state index contributed by atoms with van der Waals surface area (Å²) in [5, 5.41) is 0.768. The first-order valence-corrected chi connectivity index (χ1v) is 11.7. The molecule has 8 heteroatoms. The van der Waals surface area contributed by atoms with E-state index in [1.165, 1.54) is 0 Å². The maximum atomic E-state index is 13.2. The quantitative estimate of drug-likeness (QED) is 0.278. The maximum Gasteiger partial charge on any atom is 0.245 e. The van der Waals surface area contributed by atoms with Crippen LogP contribution in [0.1, 0.15) is 27.0 Å². The molecule has 4 rings (SSSR count). The van der Waals surface area contributed by atoms with E-state index in [1.807, 2.05) is 12.1 Å². The summed E-state index contributed by atoms with van der Waals surface area (Å²) in [5.41, 5.74) is 3.33. The number of carbonyl (C=O) groups is 1. The first-order valence-electron chi connectivity index (χ1n) is 9.86. The second-order valence-electron chi connectivity index (χ2n) is 7.18. The van der Waals surface area contributed by atoms with Crippen LogP contribution in [0.3, 0.4) is 0 Å². The van der Waals surface area contributed by atoms with E-state index < -0.39 is 11.4 Å². The second-order valence-corrected chi connectivity index (χ2v) is 9.48. The average molecular weight is 497 g/mol. The minimum atomic E-state index is -1.65. The molecule has 0 fully saturated rings. The van der Waals surface area contributed by atoms with Crippen LogP contribution < -0.4 is 9.04 Å². The van der Waals surface area contributed by atoms with Gasteiger partial charge in [0, 0.05) is 30.3 Å². The lowest BCUT2D eigenvalue weighted by Gasteiger charge is -2.29. The van der Waals surface area contributed by atoms with Crippen LogP contribution in [0.2, 0.25) is 10.0 Å². The maximum absolute atomic E-state index is 13.2. The molecule has 0 spiro atoms. The molecule has 0 amide bonds. The third-order valence-electron chi connectivity index (χ3n) is 5.01. The van der Waals surface area contributed by atoms with Gasteiger partial charge in [-0.1, -0.05) is 47.2 Å². The van der Waals surface area contributed by atoms with Gasteiger partial charge in [0.05, 0.1) is 35.5 Å². The highest BCUT2D eigenvalue weighted by Gasteiger charge is 2.38. The van der Waals surface area contributed by atoms with Gasteiger partial charge in [-0.2, -0.15) is 4.31 Å². The summed E-state index contributed by atoms with van der Waals surface area (Å²) < 4.78 is 19.6. The van der Waals surface area contributed by atoms with Crippen LogP contribution >= 0.6 is 23.2 Å². The Balaban J connectivity index is 1.62. The molecular formula is C25H18Cl2N2O3S. The number of nitrogens with zero attached hydrogens (tertiary/aromatic N) is 2. The number of methoxy groups -OCH3 is 1. The number of pyridine rings is 1. The molecule has 2 aromatic carbocycles. The van der Waals surface area contributed by atoms with Gasteiger partial charge in [0.2, 0.25) is 16.6 Å². The van der Waals surface area contributed by atoms with E-state index in [9.17, 15) is 9.35 Å². The van der Waals surface area contributed by atoms with Gasteiger partial charge >= 0.3 is 0 Å². The van der Waals surface area contributed by atoms with E-state index in [0.717, 1.165) is 5.56 Å². The molecule has 5 nitrogen and oxygen atoms in total. The number of rotatable bonds is 3. The van der Waals surface area contributed by atoms with Crippen LogP contribution in [-0.2, 0) is 17.8 Å². The predicted molar refractivity (Wildman–Crippen MR) is 133 cm³/mol. The number of fused-ring (bicyclic) bond motifs is 1. The van der Waals surface area contributed by atoms with Crippen LogP contribution in [0, 0.1) is 11.8 Å². The highest BCUT2D eigenvalue weighted by Crippen LogP contribution is 2.36. The summed E-state index contributed by atoms with van der Waals surface area (Å²) in [6, 6.07) is 14.0. The number of hydrogen-bond donors (Lipinski definition) is 0. The topological polar surface area (TPSA) is 65.5 Å². The summed E-state index contributed by atoms with van der Waals surface area (Å²) in [4.78, 5) is 17.6. The highest BCUT2D eigenvalue weighted by molar-refractivity contribution is 7.97. The monoisotopic (exact) mass is 496 g/mol. The van der Waals surface area contributed by atoms with Crippen LogP contribution in [-0.4, -0.2) is 29.5 Å². The zero-order valence-corrected chi connectivity index (χ0v) is 20.1. The molecule has 0 N–H and O–H groups in total. The number of aromatic nitrogens is 1. The van der Waals surface area contributed by atoms with Gasteiger partial charge in [0.1, 0.15) is 11.4 Å². The van der Waals surface area contributed by atoms with Crippen molar-refractivity contribution in [1.82, 2.24) is 4.98 Å². The smallest absolute Gasteiger partial charge is 0.245 e. The van der Waals surface area contributed by atoms with Crippen LogP contribution in [0.15, 0.2) is 59.6 Å². The molecule has 33 heavy (non-hydrogen) atoms. The number of halogens is 2. The van der Waals surface area contributed by atoms with Crippen molar-refractivity contribution < 1.29 is 14.1 Å². The Morgan fingerprint density at radius 2 is 1.97 bits per heavy atom. The van der Waals surface area contributed by atoms with Gasteiger partial charge in [-0.15, -0.1) is 0 Å².